The van der Waals surface area contributed by atoms with Crippen LogP contribution in [0.4, 0.5) is 13.2 Å². The monoisotopic (exact) mass is 311 g/mol. The van der Waals surface area contributed by atoms with E-state index in [1.54, 1.807) is 0 Å². The van der Waals surface area contributed by atoms with Crippen molar-refractivity contribution in [2.75, 3.05) is 0 Å². The number of carbonyl (C=O) groups is 1. The van der Waals surface area contributed by atoms with Crippen LogP contribution < -0.4 is 5.32 Å². The Morgan fingerprint density at radius 3 is 2.41 bits per heavy atom. The van der Waals surface area contributed by atoms with Gasteiger partial charge in [-0.15, -0.1) is 0 Å². The summed E-state index contributed by atoms with van der Waals surface area (Å²) < 4.78 is 38.6. The van der Waals surface area contributed by atoms with Crippen molar-refractivity contribution in [2.24, 2.45) is 5.92 Å². The van der Waals surface area contributed by atoms with Gasteiger partial charge in [0.25, 0.3) is 0 Å². The molecule has 2 unspecified atom stereocenters. The van der Waals surface area contributed by atoms with E-state index in [1.165, 1.54) is 0 Å². The molecule has 2 fully saturated rings. The molecule has 2 aliphatic rings. The fraction of sp³-hybridized carbons (Fsp3) is 0.588. The second kappa shape index (κ2) is 5.60. The normalized spacial score (nSPS) is 27.2. The third kappa shape index (κ3) is 2.99. The van der Waals surface area contributed by atoms with E-state index in [9.17, 15) is 18.0 Å². The van der Waals surface area contributed by atoms with Gasteiger partial charge in [0.05, 0.1) is 11.3 Å². The molecule has 0 bridgehead atoms. The Kier molecular flexibility index (Phi) is 3.91. The lowest BCUT2D eigenvalue weighted by Gasteiger charge is -2.32. The van der Waals surface area contributed by atoms with Crippen LogP contribution in [-0.4, -0.2) is 18.1 Å². The third-order valence-electron chi connectivity index (χ3n) is 4.98. The summed E-state index contributed by atoms with van der Waals surface area (Å²) in [5, 5.41) is 2.88. The van der Waals surface area contributed by atoms with Crippen LogP contribution in [0.25, 0.3) is 0 Å². The lowest BCUT2D eigenvalue weighted by Crippen LogP contribution is -2.45. The number of rotatable bonds is 3. The summed E-state index contributed by atoms with van der Waals surface area (Å²) in [6.07, 6.45) is -1.24. The fourth-order valence-corrected chi connectivity index (χ4v) is 3.47. The van der Waals surface area contributed by atoms with Crippen molar-refractivity contribution in [1.29, 1.82) is 0 Å². The Morgan fingerprint density at radius 1 is 1.14 bits per heavy atom. The number of nitrogens with one attached hydrogen (secondary N) is 1. The van der Waals surface area contributed by atoms with Gasteiger partial charge in [-0.3, -0.25) is 4.79 Å². The van der Waals surface area contributed by atoms with Gasteiger partial charge in [-0.2, -0.15) is 13.2 Å². The van der Waals surface area contributed by atoms with Crippen LogP contribution in [-0.2, 0) is 10.2 Å². The minimum Gasteiger partial charge on any atom is -0.353 e. The van der Waals surface area contributed by atoms with Crippen molar-refractivity contribution in [3.8, 4) is 0 Å². The van der Waals surface area contributed by atoms with Crippen LogP contribution in [0.15, 0.2) is 30.3 Å². The van der Waals surface area contributed by atoms with E-state index in [-0.39, 0.29) is 24.8 Å². The highest BCUT2D eigenvalue weighted by atomic mass is 19.4. The summed E-state index contributed by atoms with van der Waals surface area (Å²) in [7, 11) is 0. The van der Waals surface area contributed by atoms with Crippen molar-refractivity contribution in [3.63, 3.8) is 0 Å². The summed E-state index contributed by atoms with van der Waals surface area (Å²) >= 11 is 0. The first-order valence-electron chi connectivity index (χ1n) is 7.85. The molecule has 2 atom stereocenters. The highest BCUT2D eigenvalue weighted by molar-refractivity contribution is 5.91. The highest BCUT2D eigenvalue weighted by Gasteiger charge is 2.52. The summed E-state index contributed by atoms with van der Waals surface area (Å²) in [5.74, 6) is -1.38. The van der Waals surface area contributed by atoms with Crippen LogP contribution in [0.2, 0.25) is 0 Å². The molecule has 120 valence electrons. The summed E-state index contributed by atoms with van der Waals surface area (Å²) in [6, 6.07) is 9.17. The van der Waals surface area contributed by atoms with Gasteiger partial charge in [0.15, 0.2) is 0 Å². The predicted molar refractivity (Wildman–Crippen MR) is 77.3 cm³/mol. The Labute approximate surface area is 128 Å². The van der Waals surface area contributed by atoms with Gasteiger partial charge in [0.1, 0.15) is 0 Å². The molecule has 0 aromatic heterocycles. The maximum absolute atomic E-state index is 12.9. The molecule has 0 spiro atoms. The molecule has 2 nitrogen and oxygen atoms in total. The second-order valence-corrected chi connectivity index (χ2v) is 6.52. The lowest BCUT2D eigenvalue weighted by molar-refractivity contribution is -0.184. The van der Waals surface area contributed by atoms with E-state index in [2.05, 4.69) is 5.32 Å². The van der Waals surface area contributed by atoms with Gasteiger partial charge in [0.2, 0.25) is 5.91 Å². The summed E-state index contributed by atoms with van der Waals surface area (Å²) in [5.41, 5.74) is 0.461. The molecule has 1 amide bonds. The third-order valence-corrected chi connectivity index (χ3v) is 4.98. The van der Waals surface area contributed by atoms with Crippen molar-refractivity contribution in [1.82, 2.24) is 5.32 Å². The first kappa shape index (κ1) is 15.4. The van der Waals surface area contributed by atoms with Crippen molar-refractivity contribution in [3.05, 3.63) is 35.9 Å². The van der Waals surface area contributed by atoms with E-state index in [0.29, 0.717) is 12.8 Å². The van der Waals surface area contributed by atoms with Crippen molar-refractivity contribution < 1.29 is 18.0 Å². The zero-order chi connectivity index (χ0) is 15.8. The maximum Gasteiger partial charge on any atom is 0.391 e. The quantitative estimate of drug-likeness (QED) is 0.899. The molecule has 0 saturated heterocycles. The SMILES string of the molecule is O=C(NC1CCCC(C(F)(F)F)C1)C1(c2ccccc2)CC1. The molecule has 3 rings (SSSR count). The second-order valence-electron chi connectivity index (χ2n) is 6.52. The highest BCUT2D eigenvalue weighted by Crippen LogP contribution is 2.48. The molecular formula is C17H20F3NO. The smallest absolute Gasteiger partial charge is 0.353 e. The number of alkyl halides is 3. The van der Waals surface area contributed by atoms with Crippen LogP contribution >= 0.6 is 0 Å². The van der Waals surface area contributed by atoms with Crippen molar-refractivity contribution in [2.45, 2.75) is 56.2 Å². The van der Waals surface area contributed by atoms with Gasteiger partial charge in [-0.1, -0.05) is 36.8 Å². The minimum atomic E-state index is -4.15. The molecule has 1 aromatic carbocycles. The molecule has 0 radical (unpaired) electrons. The molecule has 2 saturated carbocycles. The minimum absolute atomic E-state index is 0.0140. The Balaban J connectivity index is 1.65. The molecule has 1 N–H and O–H groups in total. The molecular weight excluding hydrogens is 291 g/mol. The van der Waals surface area contributed by atoms with E-state index >= 15 is 0 Å². The number of carbonyl (C=O) groups excluding carboxylic acids is 1. The Morgan fingerprint density at radius 2 is 1.82 bits per heavy atom. The molecule has 0 heterocycles. The van der Waals surface area contributed by atoms with E-state index in [0.717, 1.165) is 18.4 Å². The van der Waals surface area contributed by atoms with Gasteiger partial charge in [-0.25, -0.2) is 0 Å². The largest absolute Gasteiger partial charge is 0.391 e. The Hall–Kier alpha value is -1.52. The van der Waals surface area contributed by atoms with Crippen LogP contribution in [0.3, 0.4) is 0 Å². The lowest BCUT2D eigenvalue weighted by atomic mass is 9.84. The average Bonchev–Trinajstić information content (AvgIpc) is 3.29. The topological polar surface area (TPSA) is 29.1 Å². The van der Waals surface area contributed by atoms with Crippen LogP contribution in [0, 0.1) is 5.92 Å². The number of hydrogen-bond donors (Lipinski definition) is 1. The Bertz CT molecular complexity index is 537. The predicted octanol–water partition coefficient (Wildman–Crippen LogP) is 3.96. The number of benzene rings is 1. The van der Waals surface area contributed by atoms with Crippen LogP contribution in [0.5, 0.6) is 0 Å². The summed E-state index contributed by atoms with van der Waals surface area (Å²) in [6.45, 7) is 0. The molecule has 22 heavy (non-hydrogen) atoms. The summed E-state index contributed by atoms with van der Waals surface area (Å²) in [4.78, 5) is 12.6. The van der Waals surface area contributed by atoms with Gasteiger partial charge in [0, 0.05) is 6.04 Å². The van der Waals surface area contributed by atoms with Crippen molar-refractivity contribution >= 4 is 5.91 Å². The maximum atomic E-state index is 12.9. The standard InChI is InChI=1S/C17H20F3NO/c18-17(19,20)13-7-4-8-14(11-13)21-15(22)16(9-10-16)12-5-2-1-3-6-12/h1-3,5-6,13-14H,4,7-11H2,(H,21,22). The molecule has 1 aromatic rings. The number of halogens is 3. The van der Waals surface area contributed by atoms with Crippen LogP contribution in [0.1, 0.15) is 44.1 Å². The molecule has 5 heteroatoms. The van der Waals surface area contributed by atoms with Gasteiger partial charge < -0.3 is 5.32 Å². The molecule has 0 aliphatic heterocycles. The first-order valence-corrected chi connectivity index (χ1v) is 7.85. The fourth-order valence-electron chi connectivity index (χ4n) is 3.47. The van der Waals surface area contributed by atoms with E-state index in [4.69, 9.17) is 0 Å². The first-order chi connectivity index (χ1) is 10.4. The van der Waals surface area contributed by atoms with Gasteiger partial charge >= 0.3 is 6.18 Å². The number of hydrogen-bond acceptors (Lipinski definition) is 1. The zero-order valence-electron chi connectivity index (χ0n) is 12.3. The average molecular weight is 311 g/mol. The van der Waals surface area contributed by atoms with E-state index in [1.807, 2.05) is 30.3 Å². The number of amides is 1. The molecule has 2 aliphatic carbocycles. The van der Waals surface area contributed by atoms with Gasteiger partial charge in [-0.05, 0) is 37.7 Å². The van der Waals surface area contributed by atoms with E-state index < -0.39 is 17.5 Å². The zero-order valence-corrected chi connectivity index (χ0v) is 12.3.